The molecule has 4 unspecified atom stereocenters. The first-order chi connectivity index (χ1) is 14.7. The molecule has 0 fully saturated rings. The first-order valence-corrected chi connectivity index (χ1v) is 10.1. The third-order valence-electron chi connectivity index (χ3n) is 4.60. The van der Waals surface area contributed by atoms with Crippen LogP contribution < -0.4 is 33.2 Å². The molecule has 13 nitrogen and oxygen atoms in total. The van der Waals surface area contributed by atoms with Gasteiger partial charge < -0.3 is 38.3 Å². The molecule has 0 aliphatic carbocycles. The minimum atomic E-state index is -1.44. The van der Waals surface area contributed by atoms with E-state index in [1.165, 1.54) is 0 Å². The fourth-order valence-corrected chi connectivity index (χ4v) is 2.58. The number of nitrogens with one attached hydrogen (secondary N) is 3. The maximum atomic E-state index is 12.7. The molecule has 0 radical (unpaired) electrons. The maximum Gasteiger partial charge on any atom is 0.326 e. The standard InChI is InChI=1S/C19H34N6O7/c1-8(2)14(22)18(30)24-11(7-13(21)27)17(29)23-10(5-6-12(20)26)16(28)25-15(9(3)4)19(31)32/h8-11,14-15H,5-7,22H2,1-4H3,(H2,20,26)(H2,21,27)(H,23,29)(H,24,30)(H,25,28)(H,31,32). The van der Waals surface area contributed by atoms with Crippen molar-refractivity contribution in [2.24, 2.45) is 29.0 Å². The van der Waals surface area contributed by atoms with Gasteiger partial charge in [0.2, 0.25) is 29.5 Å². The Balaban J connectivity index is 5.60. The molecule has 4 atom stereocenters. The van der Waals surface area contributed by atoms with Crippen molar-refractivity contribution in [2.45, 2.75) is 71.1 Å². The van der Waals surface area contributed by atoms with Crippen LogP contribution in [0.4, 0.5) is 0 Å². The SMILES string of the molecule is CC(C)C(N)C(=O)NC(CC(N)=O)C(=O)NC(CCC(N)=O)C(=O)NC(C(=O)O)C(C)C. The Kier molecular flexibility index (Phi) is 11.9. The third-order valence-corrected chi connectivity index (χ3v) is 4.60. The number of hydrogen-bond donors (Lipinski definition) is 7. The van der Waals surface area contributed by atoms with Crippen LogP contribution >= 0.6 is 0 Å². The highest BCUT2D eigenvalue weighted by Crippen LogP contribution is 2.06. The molecule has 13 heteroatoms. The molecule has 0 bridgehead atoms. The van der Waals surface area contributed by atoms with Crippen LogP contribution in [0, 0.1) is 11.8 Å². The van der Waals surface area contributed by atoms with Crippen molar-refractivity contribution in [1.82, 2.24) is 16.0 Å². The molecule has 0 aromatic heterocycles. The average Bonchev–Trinajstić information content (AvgIpc) is 2.66. The second kappa shape index (κ2) is 13.2. The van der Waals surface area contributed by atoms with Crippen molar-refractivity contribution in [2.75, 3.05) is 0 Å². The number of rotatable bonds is 14. The van der Waals surface area contributed by atoms with E-state index in [2.05, 4.69) is 16.0 Å². The summed E-state index contributed by atoms with van der Waals surface area (Å²) in [7, 11) is 0. The number of carboxylic acids is 1. The van der Waals surface area contributed by atoms with E-state index >= 15 is 0 Å². The van der Waals surface area contributed by atoms with Gasteiger partial charge in [0.1, 0.15) is 18.1 Å². The molecule has 0 spiro atoms. The van der Waals surface area contributed by atoms with Gasteiger partial charge in [-0.3, -0.25) is 24.0 Å². The molecule has 0 aliphatic rings. The van der Waals surface area contributed by atoms with Crippen molar-refractivity contribution in [3.63, 3.8) is 0 Å². The summed E-state index contributed by atoms with van der Waals surface area (Å²) in [6.07, 6.45) is -1.10. The van der Waals surface area contributed by atoms with Gasteiger partial charge in [0.15, 0.2) is 0 Å². The molecule has 32 heavy (non-hydrogen) atoms. The van der Waals surface area contributed by atoms with Gasteiger partial charge in [-0.05, 0) is 18.3 Å². The Labute approximate surface area is 186 Å². The highest BCUT2D eigenvalue weighted by Gasteiger charge is 2.32. The maximum absolute atomic E-state index is 12.7. The highest BCUT2D eigenvalue weighted by molar-refractivity contribution is 5.96. The monoisotopic (exact) mass is 458 g/mol. The fraction of sp³-hybridized carbons (Fsp3) is 0.684. The Morgan fingerprint density at radius 3 is 1.66 bits per heavy atom. The summed E-state index contributed by atoms with van der Waals surface area (Å²) in [5, 5.41) is 16.2. The lowest BCUT2D eigenvalue weighted by Crippen LogP contribution is -2.58. The molecule has 182 valence electrons. The Bertz CT molecular complexity index is 725. The largest absolute Gasteiger partial charge is 0.480 e. The Morgan fingerprint density at radius 2 is 1.25 bits per heavy atom. The van der Waals surface area contributed by atoms with E-state index in [9.17, 15) is 33.9 Å². The zero-order valence-corrected chi connectivity index (χ0v) is 18.7. The van der Waals surface area contributed by atoms with Crippen LogP contribution in [-0.2, 0) is 28.8 Å². The average molecular weight is 459 g/mol. The molecule has 0 saturated heterocycles. The van der Waals surface area contributed by atoms with Gasteiger partial charge >= 0.3 is 5.97 Å². The van der Waals surface area contributed by atoms with Crippen molar-refractivity contribution in [3.8, 4) is 0 Å². The molecular formula is C19H34N6O7. The minimum Gasteiger partial charge on any atom is -0.480 e. The molecule has 0 saturated carbocycles. The summed E-state index contributed by atoms with van der Waals surface area (Å²) in [5.41, 5.74) is 16.0. The predicted octanol–water partition coefficient (Wildman–Crippen LogP) is -2.69. The van der Waals surface area contributed by atoms with E-state index in [4.69, 9.17) is 17.2 Å². The first kappa shape index (κ1) is 28.8. The van der Waals surface area contributed by atoms with Crippen molar-refractivity contribution in [3.05, 3.63) is 0 Å². The molecule has 10 N–H and O–H groups in total. The molecule has 0 aromatic carbocycles. The number of primary amides is 2. The van der Waals surface area contributed by atoms with Gasteiger partial charge in [-0.25, -0.2) is 4.79 Å². The summed E-state index contributed by atoms with van der Waals surface area (Å²) in [6.45, 7) is 6.52. The van der Waals surface area contributed by atoms with Crippen LogP contribution in [0.25, 0.3) is 0 Å². The van der Waals surface area contributed by atoms with Gasteiger partial charge in [-0.1, -0.05) is 27.7 Å². The van der Waals surface area contributed by atoms with Gasteiger partial charge in [0, 0.05) is 6.42 Å². The van der Waals surface area contributed by atoms with E-state index in [1.54, 1.807) is 27.7 Å². The lowest BCUT2D eigenvalue weighted by molar-refractivity contribution is -0.143. The van der Waals surface area contributed by atoms with E-state index in [1.807, 2.05) is 0 Å². The predicted molar refractivity (Wildman–Crippen MR) is 113 cm³/mol. The van der Waals surface area contributed by atoms with Gasteiger partial charge in [0.05, 0.1) is 12.5 Å². The van der Waals surface area contributed by atoms with Crippen LogP contribution in [0.3, 0.4) is 0 Å². The van der Waals surface area contributed by atoms with Gasteiger partial charge in [-0.15, -0.1) is 0 Å². The molecule has 0 heterocycles. The van der Waals surface area contributed by atoms with E-state index in [0.29, 0.717) is 0 Å². The minimum absolute atomic E-state index is 0.236. The lowest BCUT2D eigenvalue weighted by atomic mass is 10.0. The number of amides is 5. The highest BCUT2D eigenvalue weighted by atomic mass is 16.4. The van der Waals surface area contributed by atoms with Crippen molar-refractivity contribution >= 4 is 35.5 Å². The first-order valence-electron chi connectivity index (χ1n) is 10.1. The molecule has 0 rings (SSSR count). The number of hydrogen-bond acceptors (Lipinski definition) is 7. The second-order valence-corrected chi connectivity index (χ2v) is 8.14. The van der Waals surface area contributed by atoms with E-state index in [0.717, 1.165) is 0 Å². The summed E-state index contributed by atoms with van der Waals surface area (Å²) in [5.74, 6) is -6.17. The molecule has 5 amide bonds. The molecular weight excluding hydrogens is 424 g/mol. The van der Waals surface area contributed by atoms with Crippen LogP contribution in [-0.4, -0.2) is 64.8 Å². The summed E-state index contributed by atoms with van der Waals surface area (Å²) < 4.78 is 0. The quantitative estimate of drug-likeness (QED) is 0.144. The third kappa shape index (κ3) is 10.2. The number of carbonyl (C=O) groups excluding carboxylic acids is 5. The summed E-state index contributed by atoms with van der Waals surface area (Å²) in [4.78, 5) is 71.5. The van der Waals surface area contributed by atoms with Crippen LogP contribution in [0.1, 0.15) is 47.0 Å². The van der Waals surface area contributed by atoms with Crippen LogP contribution in [0.5, 0.6) is 0 Å². The van der Waals surface area contributed by atoms with Crippen molar-refractivity contribution in [1.29, 1.82) is 0 Å². The van der Waals surface area contributed by atoms with E-state index < -0.39 is 72.0 Å². The smallest absolute Gasteiger partial charge is 0.326 e. The second-order valence-electron chi connectivity index (χ2n) is 8.14. The molecule has 0 aliphatic heterocycles. The zero-order chi connectivity index (χ0) is 25.2. The Morgan fingerprint density at radius 1 is 0.750 bits per heavy atom. The summed E-state index contributed by atoms with van der Waals surface area (Å²) >= 11 is 0. The summed E-state index contributed by atoms with van der Waals surface area (Å²) in [6, 6.07) is -5.01. The van der Waals surface area contributed by atoms with Crippen LogP contribution in [0.2, 0.25) is 0 Å². The number of carbonyl (C=O) groups is 6. The van der Waals surface area contributed by atoms with Crippen LogP contribution in [0.15, 0.2) is 0 Å². The topological polar surface area (TPSA) is 237 Å². The van der Waals surface area contributed by atoms with Gasteiger partial charge in [0.25, 0.3) is 0 Å². The fourth-order valence-electron chi connectivity index (χ4n) is 2.58. The number of nitrogens with two attached hydrogens (primary N) is 3. The number of aliphatic carboxylic acids is 1. The van der Waals surface area contributed by atoms with Crippen molar-refractivity contribution < 1.29 is 33.9 Å². The van der Waals surface area contributed by atoms with Gasteiger partial charge in [-0.2, -0.15) is 0 Å². The van der Waals surface area contributed by atoms with E-state index in [-0.39, 0.29) is 18.8 Å². The normalized spacial score (nSPS) is 14.7. The number of carboxylic acid groups (broad SMARTS) is 1. The molecule has 0 aromatic rings. The Hall–Kier alpha value is -3.22. The zero-order valence-electron chi connectivity index (χ0n) is 18.7. The lowest BCUT2D eigenvalue weighted by Gasteiger charge is -2.26.